The van der Waals surface area contributed by atoms with Crippen LogP contribution in [-0.2, 0) is 17.9 Å². The number of amides is 1. The van der Waals surface area contributed by atoms with Crippen LogP contribution in [0.1, 0.15) is 50.4 Å². The second-order valence-corrected chi connectivity index (χ2v) is 7.51. The van der Waals surface area contributed by atoms with E-state index in [1.54, 1.807) is 6.07 Å². The third-order valence-corrected chi connectivity index (χ3v) is 5.63. The van der Waals surface area contributed by atoms with E-state index >= 15 is 0 Å². The van der Waals surface area contributed by atoms with E-state index in [2.05, 4.69) is 10.2 Å². The van der Waals surface area contributed by atoms with Crippen LogP contribution in [0.15, 0.2) is 24.3 Å². The number of fused-ring (bicyclic) bond motifs is 2. The number of nitrogens with zero attached hydrogens (tertiary/aromatic N) is 2. The molecule has 3 aliphatic heterocycles. The Hall–Kier alpha value is -3.09. The van der Waals surface area contributed by atoms with Gasteiger partial charge < -0.3 is 19.7 Å². The minimum atomic E-state index is -0.276. The molecule has 1 aromatic carbocycles. The third-order valence-electron chi connectivity index (χ3n) is 5.63. The average molecular weight is 379 g/mol. The van der Waals surface area contributed by atoms with Crippen molar-refractivity contribution in [2.24, 2.45) is 0 Å². The number of aryl methyl sites for hydroxylation is 1. The summed E-state index contributed by atoms with van der Waals surface area (Å²) in [7, 11) is 0. The van der Waals surface area contributed by atoms with Crippen LogP contribution in [0.3, 0.4) is 0 Å². The van der Waals surface area contributed by atoms with E-state index in [0.29, 0.717) is 30.0 Å². The number of carbonyl (C=O) groups is 2. The molecule has 7 heteroatoms. The van der Waals surface area contributed by atoms with Gasteiger partial charge in [-0.15, -0.1) is 0 Å². The van der Waals surface area contributed by atoms with Crippen LogP contribution in [0.25, 0.3) is 0 Å². The van der Waals surface area contributed by atoms with Crippen molar-refractivity contribution in [3.05, 3.63) is 52.2 Å². The Kier molecular flexibility index (Phi) is 3.96. The lowest BCUT2D eigenvalue weighted by Crippen LogP contribution is -2.39. The topological polar surface area (TPSA) is 80.8 Å². The van der Waals surface area contributed by atoms with Crippen molar-refractivity contribution >= 4 is 17.7 Å². The number of esters is 1. The molecule has 1 aromatic heterocycles. The van der Waals surface area contributed by atoms with E-state index in [4.69, 9.17) is 14.5 Å². The van der Waals surface area contributed by atoms with Crippen LogP contribution >= 0.6 is 0 Å². The highest BCUT2D eigenvalue weighted by atomic mass is 16.5. The van der Waals surface area contributed by atoms with Crippen LogP contribution in [-0.4, -0.2) is 36.1 Å². The highest BCUT2D eigenvalue weighted by Crippen LogP contribution is 2.29. The van der Waals surface area contributed by atoms with Gasteiger partial charge in [-0.05, 0) is 30.7 Å². The summed E-state index contributed by atoms with van der Waals surface area (Å²) in [6.07, 6.45) is 1.85. The number of ether oxygens (including phenoxy) is 2. The molecule has 0 saturated carbocycles. The van der Waals surface area contributed by atoms with Gasteiger partial charge in [0.15, 0.2) is 0 Å². The Morgan fingerprint density at radius 1 is 1.18 bits per heavy atom. The molecule has 1 amide bonds. The van der Waals surface area contributed by atoms with Crippen molar-refractivity contribution < 1.29 is 19.1 Å². The summed E-state index contributed by atoms with van der Waals surface area (Å²) in [5.41, 5.74) is 4.06. The van der Waals surface area contributed by atoms with E-state index in [1.807, 2.05) is 25.1 Å². The molecule has 0 bridgehead atoms. The van der Waals surface area contributed by atoms with Gasteiger partial charge in [-0.2, -0.15) is 0 Å². The maximum absolute atomic E-state index is 11.8. The van der Waals surface area contributed by atoms with E-state index in [-0.39, 0.29) is 18.0 Å². The zero-order chi connectivity index (χ0) is 19.3. The third kappa shape index (κ3) is 2.87. The van der Waals surface area contributed by atoms with Crippen molar-refractivity contribution in [3.63, 3.8) is 0 Å². The van der Waals surface area contributed by atoms with Crippen molar-refractivity contribution in [1.29, 1.82) is 0 Å². The quantitative estimate of drug-likeness (QED) is 0.825. The fraction of sp³-hybridized carbons (Fsp3) is 0.381. The van der Waals surface area contributed by atoms with Gasteiger partial charge in [-0.1, -0.05) is 6.07 Å². The molecular weight excluding hydrogens is 358 g/mol. The van der Waals surface area contributed by atoms with Gasteiger partial charge in [0.1, 0.15) is 24.3 Å². The maximum atomic E-state index is 11.8. The lowest BCUT2D eigenvalue weighted by atomic mass is 10.1. The molecule has 144 valence electrons. The Labute approximate surface area is 162 Å². The monoisotopic (exact) mass is 379 g/mol. The largest absolute Gasteiger partial charge is 0.490 e. The Balaban J connectivity index is 1.26. The van der Waals surface area contributed by atoms with Crippen molar-refractivity contribution in [1.82, 2.24) is 10.3 Å². The normalized spacial score (nSPS) is 18.5. The Morgan fingerprint density at radius 2 is 2.00 bits per heavy atom. The van der Waals surface area contributed by atoms with Crippen molar-refractivity contribution in [3.8, 4) is 5.75 Å². The first kappa shape index (κ1) is 17.0. The fourth-order valence-electron chi connectivity index (χ4n) is 4.10. The molecule has 0 spiro atoms. The number of benzene rings is 1. The van der Waals surface area contributed by atoms with E-state index in [1.165, 1.54) is 0 Å². The Morgan fingerprint density at radius 3 is 2.82 bits per heavy atom. The zero-order valence-electron chi connectivity index (χ0n) is 15.7. The Bertz CT molecular complexity index is 980. The average Bonchev–Trinajstić information content (AvgIpc) is 3.25. The highest BCUT2D eigenvalue weighted by molar-refractivity contribution is 5.98. The smallest absolute Gasteiger partial charge is 0.339 e. The molecule has 4 heterocycles. The molecule has 0 radical (unpaired) electrons. The molecular formula is C21H21N3O4. The molecule has 2 aromatic rings. The van der Waals surface area contributed by atoms with Gasteiger partial charge in [-0.25, -0.2) is 9.78 Å². The van der Waals surface area contributed by atoms with E-state index in [0.717, 1.165) is 48.6 Å². The summed E-state index contributed by atoms with van der Waals surface area (Å²) in [6, 6.07) is 7.53. The maximum Gasteiger partial charge on any atom is 0.339 e. The number of rotatable bonds is 3. The molecule has 0 aliphatic carbocycles. The summed E-state index contributed by atoms with van der Waals surface area (Å²) in [5.74, 6) is 1.35. The second-order valence-electron chi connectivity index (χ2n) is 7.51. The van der Waals surface area contributed by atoms with E-state index < -0.39 is 0 Å². The number of hydrogen-bond acceptors (Lipinski definition) is 6. The second kappa shape index (κ2) is 6.51. The number of piperidine rings is 1. The number of nitrogens with one attached hydrogen (secondary N) is 1. The predicted octanol–water partition coefficient (Wildman–Crippen LogP) is 2.35. The molecule has 7 nitrogen and oxygen atoms in total. The van der Waals surface area contributed by atoms with Gasteiger partial charge in [0.05, 0.1) is 23.4 Å². The highest BCUT2D eigenvalue weighted by Gasteiger charge is 2.27. The van der Waals surface area contributed by atoms with Crippen LogP contribution in [0.4, 0.5) is 5.82 Å². The number of aromatic nitrogens is 1. The first-order valence-electron chi connectivity index (χ1n) is 9.59. The SMILES string of the molecule is Cc1cc2c(nc1N1CCC(Oc3ccc4c(c3)C(=O)OC4)CC1)CNC2=O. The molecule has 1 saturated heterocycles. The van der Waals surface area contributed by atoms with Crippen LogP contribution in [0.2, 0.25) is 0 Å². The lowest BCUT2D eigenvalue weighted by molar-refractivity contribution is 0.0534. The van der Waals surface area contributed by atoms with E-state index in [9.17, 15) is 9.59 Å². The standard InChI is InChI=1S/C21H21N3O4/c1-12-8-17-18(10-22-20(17)25)23-19(12)24-6-4-14(5-7-24)28-15-3-2-13-11-27-21(26)16(13)9-15/h2-3,8-9,14H,4-7,10-11H2,1H3,(H,22,25). The molecule has 0 unspecified atom stereocenters. The first-order valence-corrected chi connectivity index (χ1v) is 9.59. The molecule has 5 rings (SSSR count). The van der Waals surface area contributed by atoms with Gasteiger partial charge >= 0.3 is 5.97 Å². The molecule has 1 fully saturated rings. The minimum absolute atomic E-state index is 0.0394. The van der Waals surface area contributed by atoms with Crippen LogP contribution < -0.4 is 15.0 Å². The fourth-order valence-corrected chi connectivity index (χ4v) is 4.10. The lowest BCUT2D eigenvalue weighted by Gasteiger charge is -2.34. The van der Waals surface area contributed by atoms with Gasteiger partial charge in [0, 0.05) is 31.5 Å². The number of carbonyl (C=O) groups excluding carboxylic acids is 2. The molecule has 28 heavy (non-hydrogen) atoms. The van der Waals surface area contributed by atoms with Crippen LogP contribution in [0.5, 0.6) is 5.75 Å². The van der Waals surface area contributed by atoms with Crippen molar-refractivity contribution in [2.45, 2.75) is 39.0 Å². The summed E-state index contributed by atoms with van der Waals surface area (Å²) in [6.45, 7) is 4.53. The molecule has 0 atom stereocenters. The van der Waals surface area contributed by atoms with Gasteiger partial charge in [0.25, 0.3) is 5.91 Å². The van der Waals surface area contributed by atoms with Crippen LogP contribution in [0, 0.1) is 6.92 Å². The minimum Gasteiger partial charge on any atom is -0.490 e. The molecule has 3 aliphatic rings. The summed E-state index contributed by atoms with van der Waals surface area (Å²) < 4.78 is 11.2. The number of cyclic esters (lactones) is 1. The number of hydrogen-bond donors (Lipinski definition) is 1. The van der Waals surface area contributed by atoms with Crippen molar-refractivity contribution in [2.75, 3.05) is 18.0 Å². The summed E-state index contributed by atoms with van der Waals surface area (Å²) in [5, 5.41) is 2.82. The summed E-state index contributed by atoms with van der Waals surface area (Å²) >= 11 is 0. The molecule has 1 N–H and O–H groups in total. The summed E-state index contributed by atoms with van der Waals surface area (Å²) in [4.78, 5) is 30.5. The van der Waals surface area contributed by atoms with Gasteiger partial charge in [-0.3, -0.25) is 4.79 Å². The predicted molar refractivity (Wildman–Crippen MR) is 102 cm³/mol. The number of pyridine rings is 1. The first-order chi connectivity index (χ1) is 13.6. The number of anilines is 1. The zero-order valence-corrected chi connectivity index (χ0v) is 15.7. The van der Waals surface area contributed by atoms with Gasteiger partial charge in [0.2, 0.25) is 0 Å².